The number of anilines is 1. The van der Waals surface area contributed by atoms with E-state index in [1.807, 2.05) is 12.1 Å². The summed E-state index contributed by atoms with van der Waals surface area (Å²) < 4.78 is 40.7. The van der Waals surface area contributed by atoms with Crippen LogP contribution in [-0.4, -0.2) is 34.1 Å². The fraction of sp³-hybridized carbons (Fsp3) is 0.368. The molecule has 4 rings (SSSR count). The number of rotatable bonds is 3. The first-order valence-electron chi connectivity index (χ1n) is 8.91. The van der Waals surface area contributed by atoms with Gasteiger partial charge in [0, 0.05) is 41.4 Å². The summed E-state index contributed by atoms with van der Waals surface area (Å²) in [7, 11) is 0. The number of piperidine rings is 1. The third-order valence-corrected chi connectivity index (χ3v) is 5.08. The van der Waals surface area contributed by atoms with Crippen molar-refractivity contribution in [3.8, 4) is 11.3 Å². The van der Waals surface area contributed by atoms with Gasteiger partial charge in [0.1, 0.15) is 5.56 Å². The highest BCUT2D eigenvalue weighted by molar-refractivity contribution is 5.95. The monoisotopic (exact) mass is 375 g/mol. The lowest BCUT2D eigenvalue weighted by molar-refractivity contribution is -0.137. The number of fused-ring (bicyclic) bond motifs is 1. The summed E-state index contributed by atoms with van der Waals surface area (Å²) in [5.74, 6) is 0.595. The van der Waals surface area contributed by atoms with Gasteiger partial charge in [-0.05, 0) is 24.9 Å². The van der Waals surface area contributed by atoms with Gasteiger partial charge in [0.25, 0.3) is 0 Å². The predicted molar refractivity (Wildman–Crippen MR) is 98.4 cm³/mol. The molecule has 3 N–H and O–H groups in total. The molecule has 0 saturated carbocycles. The van der Waals surface area contributed by atoms with Crippen molar-refractivity contribution < 1.29 is 13.2 Å². The number of hydrogen-bond donors (Lipinski definition) is 3. The second-order valence-electron chi connectivity index (χ2n) is 6.92. The summed E-state index contributed by atoms with van der Waals surface area (Å²) in [5, 5.41) is 7.18. The quantitative estimate of drug-likeness (QED) is 0.646. The van der Waals surface area contributed by atoms with Crippen LogP contribution in [0.1, 0.15) is 18.9 Å². The number of aromatic amines is 1. The van der Waals surface area contributed by atoms with Crippen LogP contribution < -0.4 is 10.6 Å². The number of hydrogen-bond acceptors (Lipinski definition) is 4. The molecule has 5 nitrogen and oxygen atoms in total. The van der Waals surface area contributed by atoms with Gasteiger partial charge in [-0.1, -0.05) is 25.1 Å². The van der Waals surface area contributed by atoms with Gasteiger partial charge in [-0.3, -0.25) is 0 Å². The molecule has 2 atom stereocenters. The van der Waals surface area contributed by atoms with Crippen molar-refractivity contribution in [3.63, 3.8) is 0 Å². The first-order valence-corrected chi connectivity index (χ1v) is 8.91. The average Bonchev–Trinajstić information content (AvgIpc) is 3.07. The van der Waals surface area contributed by atoms with Crippen LogP contribution in [-0.2, 0) is 6.18 Å². The molecule has 1 aromatic carbocycles. The molecule has 1 aliphatic rings. The maximum atomic E-state index is 13.6. The average molecular weight is 375 g/mol. The van der Waals surface area contributed by atoms with E-state index in [0.29, 0.717) is 16.9 Å². The van der Waals surface area contributed by atoms with Crippen LogP contribution in [0, 0.1) is 5.92 Å². The normalized spacial score (nSPS) is 20.7. The summed E-state index contributed by atoms with van der Waals surface area (Å²) in [5.41, 5.74) is 0.221. The lowest BCUT2D eigenvalue weighted by atomic mass is 9.95. The van der Waals surface area contributed by atoms with Crippen LogP contribution in [0.15, 0.2) is 36.7 Å². The van der Waals surface area contributed by atoms with Crippen LogP contribution in [0.4, 0.5) is 19.1 Å². The van der Waals surface area contributed by atoms with Crippen molar-refractivity contribution in [3.05, 3.63) is 42.2 Å². The van der Waals surface area contributed by atoms with Gasteiger partial charge in [0.15, 0.2) is 0 Å². The van der Waals surface area contributed by atoms with E-state index in [0.717, 1.165) is 31.2 Å². The molecule has 3 heterocycles. The zero-order chi connectivity index (χ0) is 19.0. The van der Waals surface area contributed by atoms with Crippen molar-refractivity contribution in [2.24, 2.45) is 5.92 Å². The molecule has 0 radical (unpaired) electrons. The van der Waals surface area contributed by atoms with E-state index in [4.69, 9.17) is 0 Å². The number of benzene rings is 1. The van der Waals surface area contributed by atoms with E-state index in [1.165, 1.54) is 0 Å². The van der Waals surface area contributed by atoms with Gasteiger partial charge < -0.3 is 15.6 Å². The summed E-state index contributed by atoms with van der Waals surface area (Å²) in [4.78, 5) is 11.2. The van der Waals surface area contributed by atoms with Crippen molar-refractivity contribution in [1.82, 2.24) is 20.3 Å². The highest BCUT2D eigenvalue weighted by Crippen LogP contribution is 2.38. The summed E-state index contributed by atoms with van der Waals surface area (Å²) in [6.07, 6.45) is -1.11. The molecule has 0 amide bonds. The number of nitrogens with zero attached hydrogens (tertiary/aromatic N) is 2. The topological polar surface area (TPSA) is 65.6 Å². The van der Waals surface area contributed by atoms with Crippen molar-refractivity contribution >= 4 is 16.9 Å². The molecule has 0 spiro atoms. The van der Waals surface area contributed by atoms with E-state index in [1.54, 1.807) is 18.3 Å². The second kappa shape index (κ2) is 6.84. The fourth-order valence-corrected chi connectivity index (χ4v) is 3.48. The molecule has 1 fully saturated rings. The molecule has 1 saturated heterocycles. The Balaban J connectivity index is 1.78. The number of nitrogens with one attached hydrogen (secondary N) is 3. The smallest absolute Gasteiger partial charge is 0.360 e. The van der Waals surface area contributed by atoms with Crippen molar-refractivity contribution in [2.75, 3.05) is 18.4 Å². The standard InChI is InChI=1S/C19H20F3N5/c1-11-6-7-23-10-16(11)26-18-25-9-14(19(20,21)22)17(27-18)13-8-24-15-5-3-2-4-12(13)15/h2-5,8-9,11,16,23-24H,6-7,10H2,1H3,(H,25,26,27)/t11-,16-/m1/s1. The molecule has 27 heavy (non-hydrogen) atoms. The van der Waals surface area contributed by atoms with E-state index in [9.17, 15) is 13.2 Å². The third kappa shape index (κ3) is 3.49. The van der Waals surface area contributed by atoms with E-state index in [-0.39, 0.29) is 17.7 Å². The van der Waals surface area contributed by atoms with Crippen LogP contribution in [0.5, 0.6) is 0 Å². The molecular formula is C19H20F3N5. The van der Waals surface area contributed by atoms with Crippen molar-refractivity contribution in [1.29, 1.82) is 0 Å². The number of H-pyrrole nitrogens is 1. The molecule has 1 aliphatic heterocycles. The molecule has 0 unspecified atom stereocenters. The zero-order valence-electron chi connectivity index (χ0n) is 14.8. The number of para-hydroxylation sites is 1. The molecule has 8 heteroatoms. The molecule has 0 bridgehead atoms. The number of alkyl halides is 3. The van der Waals surface area contributed by atoms with Gasteiger partial charge in [0.2, 0.25) is 5.95 Å². The predicted octanol–water partition coefficient (Wildman–Crippen LogP) is 4.05. The Kier molecular flexibility index (Phi) is 4.51. The minimum Gasteiger partial charge on any atom is -0.360 e. The fourth-order valence-electron chi connectivity index (χ4n) is 3.48. The molecule has 2 aromatic heterocycles. The first kappa shape index (κ1) is 17.8. The summed E-state index contributed by atoms with van der Waals surface area (Å²) >= 11 is 0. The third-order valence-electron chi connectivity index (χ3n) is 5.08. The maximum absolute atomic E-state index is 13.6. The lowest BCUT2D eigenvalue weighted by Crippen LogP contribution is -2.44. The number of halogens is 3. The van der Waals surface area contributed by atoms with Crippen LogP contribution >= 0.6 is 0 Å². The SMILES string of the molecule is C[C@@H]1CCNC[C@H]1Nc1ncc(C(F)(F)F)c(-c2c[nH]c3ccccc23)n1. The van der Waals surface area contributed by atoms with Gasteiger partial charge in [0.05, 0.1) is 5.69 Å². The Morgan fingerprint density at radius 3 is 2.81 bits per heavy atom. The Bertz CT molecular complexity index is 950. The van der Waals surface area contributed by atoms with Crippen LogP contribution in [0.3, 0.4) is 0 Å². The highest BCUT2D eigenvalue weighted by atomic mass is 19.4. The zero-order valence-corrected chi connectivity index (χ0v) is 14.8. The summed E-state index contributed by atoms with van der Waals surface area (Å²) in [6, 6.07) is 7.30. The largest absolute Gasteiger partial charge is 0.419 e. The lowest BCUT2D eigenvalue weighted by Gasteiger charge is -2.30. The Morgan fingerprint density at radius 1 is 1.22 bits per heavy atom. The van der Waals surface area contributed by atoms with E-state index >= 15 is 0 Å². The molecule has 142 valence electrons. The molecule has 3 aromatic rings. The Hall–Kier alpha value is -2.61. The summed E-state index contributed by atoms with van der Waals surface area (Å²) in [6.45, 7) is 3.78. The van der Waals surface area contributed by atoms with Gasteiger partial charge >= 0.3 is 6.18 Å². The molecular weight excluding hydrogens is 355 g/mol. The van der Waals surface area contributed by atoms with Crippen LogP contribution in [0.25, 0.3) is 22.2 Å². The number of aromatic nitrogens is 3. The minimum absolute atomic E-state index is 0.0753. The van der Waals surface area contributed by atoms with Gasteiger partial charge in [-0.2, -0.15) is 13.2 Å². The van der Waals surface area contributed by atoms with Gasteiger partial charge in [-0.25, -0.2) is 9.97 Å². The Labute approximate surface area is 154 Å². The maximum Gasteiger partial charge on any atom is 0.419 e. The Morgan fingerprint density at radius 2 is 2.04 bits per heavy atom. The van der Waals surface area contributed by atoms with E-state index < -0.39 is 11.7 Å². The van der Waals surface area contributed by atoms with Crippen molar-refractivity contribution in [2.45, 2.75) is 25.6 Å². The van der Waals surface area contributed by atoms with Crippen LogP contribution in [0.2, 0.25) is 0 Å². The van der Waals surface area contributed by atoms with E-state index in [2.05, 4.69) is 32.5 Å². The van der Waals surface area contributed by atoms with Gasteiger partial charge in [-0.15, -0.1) is 0 Å². The minimum atomic E-state index is -4.54. The first-order chi connectivity index (χ1) is 12.9. The highest BCUT2D eigenvalue weighted by Gasteiger charge is 2.36. The molecule has 0 aliphatic carbocycles. The second-order valence-corrected chi connectivity index (χ2v) is 6.92.